The Kier molecular flexibility index (Phi) is 6.78. The van der Waals surface area contributed by atoms with Gasteiger partial charge in [-0.2, -0.15) is 0 Å². The predicted molar refractivity (Wildman–Crippen MR) is 111 cm³/mol. The smallest absolute Gasteiger partial charge is 0.253 e. The topological polar surface area (TPSA) is 58.2 Å². The molecule has 0 bridgehead atoms. The van der Waals surface area contributed by atoms with Gasteiger partial charge in [-0.05, 0) is 48.9 Å². The summed E-state index contributed by atoms with van der Waals surface area (Å²) in [4.78, 5) is 24.7. The summed E-state index contributed by atoms with van der Waals surface area (Å²) in [6.45, 7) is 10.4. The van der Waals surface area contributed by atoms with Crippen LogP contribution < -0.4 is 10.6 Å². The van der Waals surface area contributed by atoms with E-state index >= 15 is 0 Å². The van der Waals surface area contributed by atoms with E-state index < -0.39 is 0 Å². The van der Waals surface area contributed by atoms with Crippen LogP contribution in [0.2, 0.25) is 0 Å². The highest BCUT2D eigenvalue weighted by Gasteiger charge is 2.15. The van der Waals surface area contributed by atoms with Crippen molar-refractivity contribution >= 4 is 17.5 Å². The van der Waals surface area contributed by atoms with Gasteiger partial charge in [0.15, 0.2) is 0 Å². The maximum Gasteiger partial charge on any atom is 0.253 e. The molecule has 0 saturated heterocycles. The van der Waals surface area contributed by atoms with Crippen molar-refractivity contribution in [3.05, 3.63) is 65.2 Å². The van der Waals surface area contributed by atoms with Crippen LogP contribution >= 0.6 is 0 Å². The minimum absolute atomic E-state index is 0.0392. The highest BCUT2D eigenvalue weighted by molar-refractivity contribution is 6.03. The van der Waals surface area contributed by atoms with Gasteiger partial charge in [0.05, 0.1) is 11.3 Å². The standard InChI is InChI=1S/C23H30N2O2/c1-16(2)24-22(27)19-8-6-7-9-20(19)25-21(26)15-12-17-10-13-18(14-11-17)23(3,4)5/h6-11,13-14,16H,12,15H2,1-5H3,(H,24,27)(H,25,26). The lowest BCUT2D eigenvalue weighted by Crippen LogP contribution is -2.31. The number of carbonyl (C=O) groups is 2. The van der Waals surface area contributed by atoms with E-state index in [2.05, 4.69) is 55.7 Å². The molecule has 0 aliphatic carbocycles. The van der Waals surface area contributed by atoms with Crippen molar-refractivity contribution in [3.63, 3.8) is 0 Å². The highest BCUT2D eigenvalue weighted by atomic mass is 16.2. The van der Waals surface area contributed by atoms with E-state index in [9.17, 15) is 9.59 Å². The first-order chi connectivity index (χ1) is 12.7. The molecule has 0 aromatic heterocycles. The summed E-state index contributed by atoms with van der Waals surface area (Å²) in [7, 11) is 0. The van der Waals surface area contributed by atoms with Crippen molar-refractivity contribution < 1.29 is 9.59 Å². The molecule has 2 rings (SSSR count). The van der Waals surface area contributed by atoms with Gasteiger partial charge < -0.3 is 10.6 Å². The van der Waals surface area contributed by atoms with Crippen LogP contribution in [0.1, 0.15) is 62.5 Å². The van der Waals surface area contributed by atoms with Crippen LogP contribution in [0.4, 0.5) is 5.69 Å². The van der Waals surface area contributed by atoms with Crippen LogP contribution in [-0.2, 0) is 16.6 Å². The third kappa shape index (κ3) is 6.24. The second kappa shape index (κ2) is 8.85. The Hall–Kier alpha value is -2.62. The Labute approximate surface area is 162 Å². The van der Waals surface area contributed by atoms with Gasteiger partial charge in [-0.1, -0.05) is 57.2 Å². The third-order valence-electron chi connectivity index (χ3n) is 4.33. The zero-order valence-electron chi connectivity index (χ0n) is 16.9. The minimum Gasteiger partial charge on any atom is -0.350 e. The zero-order valence-corrected chi connectivity index (χ0v) is 16.9. The summed E-state index contributed by atoms with van der Waals surface area (Å²) in [5.74, 6) is -0.279. The molecule has 4 nitrogen and oxygen atoms in total. The maximum atomic E-state index is 12.4. The zero-order chi connectivity index (χ0) is 20.0. The fourth-order valence-corrected chi connectivity index (χ4v) is 2.77. The normalized spacial score (nSPS) is 11.3. The molecule has 4 heteroatoms. The summed E-state index contributed by atoms with van der Waals surface area (Å²) in [6, 6.07) is 15.5. The molecule has 27 heavy (non-hydrogen) atoms. The van der Waals surface area contributed by atoms with Crippen LogP contribution in [0.25, 0.3) is 0 Å². The number of amides is 2. The summed E-state index contributed by atoms with van der Waals surface area (Å²) in [5, 5.41) is 5.73. The molecular formula is C23H30N2O2. The second-order valence-electron chi connectivity index (χ2n) is 8.17. The lowest BCUT2D eigenvalue weighted by Gasteiger charge is -2.19. The lowest BCUT2D eigenvalue weighted by atomic mass is 9.86. The monoisotopic (exact) mass is 366 g/mol. The molecule has 144 valence electrons. The van der Waals surface area contributed by atoms with E-state index in [0.717, 1.165) is 5.56 Å². The molecule has 0 unspecified atom stereocenters. The fourth-order valence-electron chi connectivity index (χ4n) is 2.77. The first-order valence-electron chi connectivity index (χ1n) is 9.46. The van der Waals surface area contributed by atoms with E-state index in [-0.39, 0.29) is 23.3 Å². The van der Waals surface area contributed by atoms with Crippen molar-refractivity contribution in [2.75, 3.05) is 5.32 Å². The molecule has 0 radical (unpaired) electrons. The van der Waals surface area contributed by atoms with Gasteiger partial charge in [-0.15, -0.1) is 0 Å². The first-order valence-corrected chi connectivity index (χ1v) is 9.46. The predicted octanol–water partition coefficient (Wildman–Crippen LogP) is 4.69. The molecule has 2 amide bonds. The Balaban J connectivity index is 1.97. The van der Waals surface area contributed by atoms with E-state index in [1.54, 1.807) is 18.2 Å². The number of nitrogens with one attached hydrogen (secondary N) is 2. The number of para-hydroxylation sites is 1. The van der Waals surface area contributed by atoms with Gasteiger partial charge in [0.2, 0.25) is 5.91 Å². The van der Waals surface area contributed by atoms with Gasteiger partial charge in [-0.25, -0.2) is 0 Å². The number of hydrogen-bond donors (Lipinski definition) is 2. The van der Waals surface area contributed by atoms with Gasteiger partial charge in [0, 0.05) is 12.5 Å². The fraction of sp³-hybridized carbons (Fsp3) is 0.391. The van der Waals surface area contributed by atoms with Crippen LogP contribution in [0.3, 0.4) is 0 Å². The molecule has 0 aliphatic rings. The molecular weight excluding hydrogens is 336 g/mol. The van der Waals surface area contributed by atoms with E-state index in [0.29, 0.717) is 24.1 Å². The number of aryl methyl sites for hydroxylation is 1. The summed E-state index contributed by atoms with van der Waals surface area (Å²) >= 11 is 0. The highest BCUT2D eigenvalue weighted by Crippen LogP contribution is 2.22. The third-order valence-corrected chi connectivity index (χ3v) is 4.33. The van der Waals surface area contributed by atoms with Crippen molar-refractivity contribution in [1.29, 1.82) is 0 Å². The lowest BCUT2D eigenvalue weighted by molar-refractivity contribution is -0.116. The Morgan fingerprint density at radius 3 is 2.19 bits per heavy atom. The molecule has 0 aliphatic heterocycles. The molecule has 2 aromatic rings. The van der Waals surface area contributed by atoms with Crippen molar-refractivity contribution in [3.8, 4) is 0 Å². The molecule has 0 saturated carbocycles. The van der Waals surface area contributed by atoms with Crippen LogP contribution in [0.5, 0.6) is 0 Å². The molecule has 2 aromatic carbocycles. The number of rotatable bonds is 6. The Morgan fingerprint density at radius 1 is 0.963 bits per heavy atom. The van der Waals surface area contributed by atoms with Crippen molar-refractivity contribution in [2.24, 2.45) is 0 Å². The molecule has 0 spiro atoms. The van der Waals surface area contributed by atoms with Crippen LogP contribution in [0.15, 0.2) is 48.5 Å². The Bertz CT molecular complexity index is 787. The van der Waals surface area contributed by atoms with E-state index in [1.807, 2.05) is 19.9 Å². The molecule has 0 heterocycles. The maximum absolute atomic E-state index is 12.4. The number of benzene rings is 2. The molecule has 0 atom stereocenters. The average molecular weight is 367 g/mol. The minimum atomic E-state index is -0.182. The quantitative estimate of drug-likeness (QED) is 0.779. The number of carbonyl (C=O) groups excluding carboxylic acids is 2. The number of anilines is 1. The average Bonchev–Trinajstić information content (AvgIpc) is 2.59. The van der Waals surface area contributed by atoms with Gasteiger partial charge in [0.1, 0.15) is 0 Å². The Morgan fingerprint density at radius 2 is 1.59 bits per heavy atom. The van der Waals surface area contributed by atoms with E-state index in [4.69, 9.17) is 0 Å². The van der Waals surface area contributed by atoms with Crippen LogP contribution in [-0.4, -0.2) is 17.9 Å². The summed E-state index contributed by atoms with van der Waals surface area (Å²) in [6.07, 6.45) is 1.03. The second-order valence-corrected chi connectivity index (χ2v) is 8.17. The SMILES string of the molecule is CC(C)NC(=O)c1ccccc1NC(=O)CCc1ccc(C(C)(C)C)cc1. The van der Waals surface area contributed by atoms with Crippen molar-refractivity contribution in [2.45, 2.75) is 58.9 Å². The first kappa shape index (κ1) is 20.7. The largest absolute Gasteiger partial charge is 0.350 e. The van der Waals surface area contributed by atoms with Gasteiger partial charge in [-0.3, -0.25) is 9.59 Å². The van der Waals surface area contributed by atoms with Gasteiger partial charge >= 0.3 is 0 Å². The number of hydrogen-bond acceptors (Lipinski definition) is 2. The molecule has 0 fully saturated rings. The van der Waals surface area contributed by atoms with Gasteiger partial charge in [0.25, 0.3) is 5.91 Å². The summed E-state index contributed by atoms with van der Waals surface area (Å²) < 4.78 is 0. The molecule has 2 N–H and O–H groups in total. The van der Waals surface area contributed by atoms with E-state index in [1.165, 1.54) is 5.56 Å². The van der Waals surface area contributed by atoms with Crippen molar-refractivity contribution in [1.82, 2.24) is 5.32 Å². The summed E-state index contributed by atoms with van der Waals surface area (Å²) in [5.41, 5.74) is 3.55. The van der Waals surface area contributed by atoms with Crippen LogP contribution in [0, 0.1) is 0 Å².